The summed E-state index contributed by atoms with van der Waals surface area (Å²) in [6.07, 6.45) is 0.857. The lowest BCUT2D eigenvalue weighted by Crippen LogP contribution is -2.47. The molecule has 0 N–H and O–H groups in total. The van der Waals surface area contributed by atoms with Gasteiger partial charge in [-0.05, 0) is 54.8 Å². The highest BCUT2D eigenvalue weighted by Gasteiger charge is 2.26. The van der Waals surface area contributed by atoms with Gasteiger partial charge in [-0.15, -0.1) is 0 Å². The van der Waals surface area contributed by atoms with Crippen LogP contribution >= 0.6 is 11.6 Å². The van der Waals surface area contributed by atoms with Crippen molar-refractivity contribution in [3.05, 3.63) is 63.9 Å². The van der Waals surface area contributed by atoms with Gasteiger partial charge in [0.1, 0.15) is 11.9 Å². The second-order valence-electron chi connectivity index (χ2n) is 6.56. The molecule has 136 valence electrons. The van der Waals surface area contributed by atoms with Crippen LogP contribution in [0.3, 0.4) is 0 Å². The summed E-state index contributed by atoms with van der Waals surface area (Å²) in [7, 11) is 1.91. The molecule has 26 heavy (non-hydrogen) atoms. The third-order valence-corrected chi connectivity index (χ3v) is 5.04. The minimum absolute atomic E-state index is 0.195. The molecule has 2 aromatic carbocycles. The minimum atomic E-state index is -0.243. The number of hydrogen-bond donors (Lipinski definition) is 0. The second kappa shape index (κ2) is 8.05. The zero-order chi connectivity index (χ0) is 18.7. The summed E-state index contributed by atoms with van der Waals surface area (Å²) >= 11 is 6.26. The summed E-state index contributed by atoms with van der Waals surface area (Å²) < 4.78 is 13.8. The maximum atomic E-state index is 13.8. The average molecular weight is 374 g/mol. The van der Waals surface area contributed by atoms with Gasteiger partial charge in [-0.1, -0.05) is 17.7 Å². The van der Waals surface area contributed by atoms with Gasteiger partial charge >= 0.3 is 0 Å². The molecule has 3 rings (SSSR count). The zero-order valence-electron chi connectivity index (χ0n) is 14.9. The van der Waals surface area contributed by atoms with Crippen molar-refractivity contribution in [1.82, 2.24) is 5.06 Å². The van der Waals surface area contributed by atoms with Crippen molar-refractivity contribution in [2.75, 3.05) is 25.1 Å². The molecule has 0 spiro atoms. The summed E-state index contributed by atoms with van der Waals surface area (Å²) in [6.45, 7) is 3.90. The Balaban J connectivity index is 1.97. The molecule has 0 aliphatic carbocycles. The van der Waals surface area contributed by atoms with E-state index in [1.165, 1.54) is 6.07 Å². The molecule has 1 atom stereocenters. The monoisotopic (exact) mass is 373 g/mol. The molecular formula is C20H21ClFN3O. The summed E-state index contributed by atoms with van der Waals surface area (Å²) in [6, 6.07) is 12.6. The smallest absolute Gasteiger partial charge is 0.123 e. The lowest BCUT2D eigenvalue weighted by Gasteiger charge is -2.39. The molecular weight excluding hydrogens is 353 g/mol. The van der Waals surface area contributed by atoms with E-state index in [1.807, 2.05) is 31.2 Å². The number of anilines is 1. The van der Waals surface area contributed by atoms with E-state index in [4.69, 9.17) is 21.7 Å². The number of benzene rings is 2. The lowest BCUT2D eigenvalue weighted by molar-refractivity contribution is -0.166. The Hall–Kier alpha value is -2.13. The van der Waals surface area contributed by atoms with Gasteiger partial charge in [-0.3, -0.25) is 4.84 Å². The first-order valence-electron chi connectivity index (χ1n) is 8.53. The van der Waals surface area contributed by atoms with Gasteiger partial charge in [0.25, 0.3) is 0 Å². The summed E-state index contributed by atoms with van der Waals surface area (Å²) in [5.41, 5.74) is 3.33. The highest BCUT2D eigenvalue weighted by atomic mass is 35.5. The molecule has 0 radical (unpaired) electrons. The van der Waals surface area contributed by atoms with Crippen LogP contribution in [-0.2, 0) is 11.4 Å². The van der Waals surface area contributed by atoms with Gasteiger partial charge < -0.3 is 4.90 Å². The Bertz CT molecular complexity index is 836. The van der Waals surface area contributed by atoms with Crippen LogP contribution in [0, 0.1) is 24.1 Å². The predicted molar refractivity (Wildman–Crippen MR) is 100 cm³/mol. The summed E-state index contributed by atoms with van der Waals surface area (Å²) in [5.74, 6) is -0.243. The molecule has 0 aromatic heterocycles. The number of hydroxylamine groups is 2. The molecule has 0 bridgehead atoms. The van der Waals surface area contributed by atoms with Crippen LogP contribution in [0.4, 0.5) is 10.1 Å². The van der Waals surface area contributed by atoms with Crippen LogP contribution in [0.2, 0.25) is 5.02 Å². The van der Waals surface area contributed by atoms with Crippen molar-refractivity contribution >= 4 is 17.3 Å². The lowest BCUT2D eigenvalue weighted by atomic mass is 10.0. The number of rotatable bonds is 4. The molecule has 0 unspecified atom stereocenters. The molecule has 1 heterocycles. The van der Waals surface area contributed by atoms with E-state index in [-0.39, 0.29) is 11.9 Å². The quantitative estimate of drug-likeness (QED) is 0.801. The molecule has 1 saturated heterocycles. The van der Waals surface area contributed by atoms with E-state index in [9.17, 15) is 4.39 Å². The maximum Gasteiger partial charge on any atom is 0.123 e. The molecule has 0 saturated carbocycles. The topological polar surface area (TPSA) is 39.5 Å². The maximum absolute atomic E-state index is 13.8. The van der Waals surface area contributed by atoms with Crippen molar-refractivity contribution in [3.8, 4) is 6.07 Å². The molecule has 1 fully saturated rings. The van der Waals surface area contributed by atoms with Crippen LogP contribution in [0.25, 0.3) is 0 Å². The van der Waals surface area contributed by atoms with E-state index in [0.29, 0.717) is 23.7 Å². The summed E-state index contributed by atoms with van der Waals surface area (Å²) in [4.78, 5) is 7.74. The molecule has 4 nitrogen and oxygen atoms in total. The number of halogens is 2. The molecule has 6 heteroatoms. The van der Waals surface area contributed by atoms with Gasteiger partial charge in [0.2, 0.25) is 0 Å². The van der Waals surface area contributed by atoms with Crippen molar-refractivity contribution in [1.29, 1.82) is 5.26 Å². The first-order valence-corrected chi connectivity index (χ1v) is 8.91. The van der Waals surface area contributed by atoms with Gasteiger partial charge in [-0.2, -0.15) is 10.3 Å². The third-order valence-electron chi connectivity index (χ3n) is 4.73. The van der Waals surface area contributed by atoms with Crippen molar-refractivity contribution in [2.24, 2.45) is 0 Å². The van der Waals surface area contributed by atoms with Crippen LogP contribution in [-0.4, -0.2) is 31.3 Å². The number of aryl methyl sites for hydroxylation is 1. The second-order valence-corrected chi connectivity index (χ2v) is 6.97. The Kier molecular flexibility index (Phi) is 5.77. The first-order chi connectivity index (χ1) is 12.5. The third kappa shape index (κ3) is 4.16. The number of nitriles is 1. The van der Waals surface area contributed by atoms with Crippen molar-refractivity contribution in [2.45, 2.75) is 25.9 Å². The Morgan fingerprint density at radius 1 is 1.35 bits per heavy atom. The van der Waals surface area contributed by atoms with Crippen molar-refractivity contribution < 1.29 is 9.23 Å². The van der Waals surface area contributed by atoms with Gasteiger partial charge in [0, 0.05) is 31.9 Å². The normalized spacial score (nSPS) is 17.7. The fourth-order valence-corrected chi connectivity index (χ4v) is 3.46. The average Bonchev–Trinajstić information content (AvgIpc) is 2.62. The van der Waals surface area contributed by atoms with E-state index in [2.05, 4.69) is 11.0 Å². The van der Waals surface area contributed by atoms with Crippen LogP contribution in [0.1, 0.15) is 23.1 Å². The van der Waals surface area contributed by atoms with Crippen LogP contribution in [0.15, 0.2) is 36.4 Å². The van der Waals surface area contributed by atoms with Crippen LogP contribution < -0.4 is 4.90 Å². The van der Waals surface area contributed by atoms with Crippen LogP contribution in [0.5, 0.6) is 0 Å². The minimum Gasteiger partial charge on any atom is -0.363 e. The van der Waals surface area contributed by atoms with E-state index in [1.54, 1.807) is 18.2 Å². The SMILES string of the molecule is Cc1ccc(F)cc1CN(c1ccc(C#N)c(Cl)c1)[C@H]1CCON(C)C1. The Morgan fingerprint density at radius 2 is 2.15 bits per heavy atom. The zero-order valence-corrected chi connectivity index (χ0v) is 15.6. The fraction of sp³-hybridized carbons (Fsp3) is 0.350. The van der Waals surface area contributed by atoms with E-state index >= 15 is 0 Å². The van der Waals surface area contributed by atoms with Crippen molar-refractivity contribution in [3.63, 3.8) is 0 Å². The molecule has 0 amide bonds. The highest BCUT2D eigenvalue weighted by molar-refractivity contribution is 6.32. The van der Waals surface area contributed by atoms with Gasteiger partial charge in [0.05, 0.1) is 17.2 Å². The number of hydrogen-bond acceptors (Lipinski definition) is 4. The standard InChI is InChI=1S/C20H21ClFN3O/c1-14-3-5-17(22)9-16(14)12-25(19-7-8-26-24(2)13-19)18-6-4-15(11-23)20(21)10-18/h3-6,9-10,19H,7-8,12-13H2,1-2H3/t19-/m0/s1. The Labute approximate surface area is 158 Å². The number of likely N-dealkylation sites (N-methyl/N-ethyl adjacent to an activating group) is 1. The highest BCUT2D eigenvalue weighted by Crippen LogP contribution is 2.29. The molecule has 1 aliphatic rings. The largest absolute Gasteiger partial charge is 0.363 e. The Morgan fingerprint density at radius 3 is 2.85 bits per heavy atom. The fourth-order valence-electron chi connectivity index (χ4n) is 3.24. The van der Waals surface area contributed by atoms with Gasteiger partial charge in [0.15, 0.2) is 0 Å². The van der Waals surface area contributed by atoms with E-state index < -0.39 is 0 Å². The molecule has 2 aromatic rings. The summed E-state index contributed by atoms with van der Waals surface area (Å²) in [5, 5.41) is 11.4. The first kappa shape index (κ1) is 18.7. The van der Waals surface area contributed by atoms with Gasteiger partial charge in [-0.25, -0.2) is 4.39 Å². The van der Waals surface area contributed by atoms with E-state index in [0.717, 1.165) is 29.8 Å². The predicted octanol–water partition coefficient (Wildman–Crippen LogP) is 4.30. The number of nitrogens with zero attached hydrogens (tertiary/aromatic N) is 3. The molecule has 1 aliphatic heterocycles.